The maximum atomic E-state index is 12.8. The fourth-order valence-electron chi connectivity index (χ4n) is 1.69. The van der Waals surface area contributed by atoms with Gasteiger partial charge in [-0.1, -0.05) is 0 Å². The second-order valence-electron chi connectivity index (χ2n) is 4.58. The molecule has 3 nitrogen and oxygen atoms in total. The highest BCUT2D eigenvalue weighted by Crippen LogP contribution is 2.06. The minimum Gasteiger partial charge on any atom is -1.00 e. The van der Waals surface area contributed by atoms with Crippen LogP contribution in [-0.4, -0.2) is 19.9 Å². The van der Waals surface area contributed by atoms with Crippen molar-refractivity contribution in [2.24, 2.45) is 0 Å². The molecule has 0 fully saturated rings. The Balaban J connectivity index is 0.00000220. The SMILES string of the molecule is CN(C)c1cc[n+](C=CC(=O)c2ccc(F)cc2)cc1.[Cl-]. The summed E-state index contributed by atoms with van der Waals surface area (Å²) in [4.78, 5) is 13.9. The van der Waals surface area contributed by atoms with E-state index in [0.717, 1.165) is 5.69 Å². The average molecular weight is 307 g/mol. The van der Waals surface area contributed by atoms with E-state index in [2.05, 4.69) is 0 Å². The van der Waals surface area contributed by atoms with Crippen LogP contribution in [0.1, 0.15) is 10.4 Å². The molecule has 0 unspecified atom stereocenters. The van der Waals surface area contributed by atoms with Crippen LogP contribution in [0.25, 0.3) is 6.20 Å². The topological polar surface area (TPSA) is 24.2 Å². The smallest absolute Gasteiger partial charge is 0.191 e. The summed E-state index contributed by atoms with van der Waals surface area (Å²) >= 11 is 0. The number of hydrogen-bond donors (Lipinski definition) is 0. The first kappa shape index (κ1) is 16.9. The summed E-state index contributed by atoms with van der Waals surface area (Å²) in [7, 11) is 3.93. The molecule has 1 aromatic heterocycles. The van der Waals surface area contributed by atoms with Crippen molar-refractivity contribution in [1.29, 1.82) is 0 Å². The molecule has 0 saturated carbocycles. The molecule has 21 heavy (non-hydrogen) atoms. The predicted octanol–water partition coefficient (Wildman–Crippen LogP) is -0.463. The summed E-state index contributed by atoms with van der Waals surface area (Å²) in [5, 5.41) is 0. The molecule has 1 heterocycles. The van der Waals surface area contributed by atoms with Gasteiger partial charge < -0.3 is 17.3 Å². The van der Waals surface area contributed by atoms with Crippen molar-refractivity contribution in [2.45, 2.75) is 0 Å². The number of allylic oxidation sites excluding steroid dienone is 1. The van der Waals surface area contributed by atoms with E-state index in [4.69, 9.17) is 0 Å². The summed E-state index contributed by atoms with van der Waals surface area (Å²) in [6, 6.07) is 9.41. The molecule has 0 spiro atoms. The van der Waals surface area contributed by atoms with Gasteiger partial charge in [0.05, 0.1) is 6.08 Å². The Labute approximate surface area is 129 Å². The van der Waals surface area contributed by atoms with Crippen molar-refractivity contribution >= 4 is 17.7 Å². The van der Waals surface area contributed by atoms with Gasteiger partial charge in [-0.25, -0.2) is 4.39 Å². The number of halogens is 2. The fourth-order valence-corrected chi connectivity index (χ4v) is 1.69. The van der Waals surface area contributed by atoms with Crippen molar-refractivity contribution in [3.8, 4) is 0 Å². The lowest BCUT2D eigenvalue weighted by Crippen LogP contribution is -3.00. The van der Waals surface area contributed by atoms with E-state index in [1.165, 1.54) is 30.3 Å². The van der Waals surface area contributed by atoms with Crippen molar-refractivity contribution < 1.29 is 26.2 Å². The molecule has 0 aliphatic carbocycles. The number of carbonyl (C=O) groups excluding carboxylic acids is 1. The number of ketones is 1. The molecule has 0 radical (unpaired) electrons. The summed E-state index contributed by atoms with van der Waals surface area (Å²) in [5.74, 6) is -0.506. The van der Waals surface area contributed by atoms with Gasteiger partial charge in [0.15, 0.2) is 24.4 Å². The highest BCUT2D eigenvalue weighted by atomic mass is 35.5. The third-order valence-corrected chi connectivity index (χ3v) is 2.88. The van der Waals surface area contributed by atoms with Crippen LogP contribution < -0.4 is 21.9 Å². The highest BCUT2D eigenvalue weighted by Gasteiger charge is 2.04. The zero-order valence-electron chi connectivity index (χ0n) is 11.8. The fraction of sp³-hybridized carbons (Fsp3) is 0.125. The number of aromatic nitrogens is 1. The van der Waals surface area contributed by atoms with E-state index in [9.17, 15) is 9.18 Å². The number of rotatable bonds is 4. The van der Waals surface area contributed by atoms with Crippen LogP contribution in [0.4, 0.5) is 10.1 Å². The average Bonchev–Trinajstić information content (AvgIpc) is 2.46. The van der Waals surface area contributed by atoms with E-state index >= 15 is 0 Å². The quantitative estimate of drug-likeness (QED) is 0.434. The lowest BCUT2D eigenvalue weighted by atomic mass is 10.1. The molecule has 0 bridgehead atoms. The van der Waals surface area contributed by atoms with E-state index in [1.54, 1.807) is 10.8 Å². The van der Waals surface area contributed by atoms with Crippen LogP contribution >= 0.6 is 0 Å². The van der Waals surface area contributed by atoms with E-state index in [1.807, 2.05) is 43.5 Å². The molecule has 110 valence electrons. The predicted molar refractivity (Wildman–Crippen MR) is 77.0 cm³/mol. The summed E-state index contributed by atoms with van der Waals surface area (Å²) in [5.41, 5.74) is 1.55. The van der Waals surface area contributed by atoms with E-state index in [0.29, 0.717) is 5.56 Å². The monoisotopic (exact) mass is 306 g/mol. The van der Waals surface area contributed by atoms with Gasteiger partial charge in [-0.05, 0) is 24.3 Å². The molecule has 2 rings (SSSR count). The number of anilines is 1. The summed E-state index contributed by atoms with van der Waals surface area (Å²) in [6.45, 7) is 0. The molecule has 0 saturated heterocycles. The van der Waals surface area contributed by atoms with Crippen LogP contribution in [0.3, 0.4) is 0 Å². The Hall–Kier alpha value is -2.20. The number of carbonyl (C=O) groups is 1. The first-order chi connectivity index (χ1) is 9.56. The van der Waals surface area contributed by atoms with Crippen LogP contribution in [-0.2, 0) is 0 Å². The zero-order valence-corrected chi connectivity index (χ0v) is 12.6. The number of hydrogen-bond acceptors (Lipinski definition) is 2. The minimum atomic E-state index is -0.348. The largest absolute Gasteiger partial charge is 1.00 e. The lowest BCUT2D eigenvalue weighted by Gasteiger charge is -2.09. The van der Waals surface area contributed by atoms with Gasteiger partial charge in [0, 0.05) is 37.5 Å². The maximum Gasteiger partial charge on any atom is 0.191 e. The Morgan fingerprint density at radius 1 is 1.10 bits per heavy atom. The first-order valence-corrected chi connectivity index (χ1v) is 6.22. The van der Waals surface area contributed by atoms with Gasteiger partial charge in [0.2, 0.25) is 0 Å². The zero-order chi connectivity index (χ0) is 14.5. The Morgan fingerprint density at radius 2 is 1.67 bits per heavy atom. The number of benzene rings is 1. The molecule has 2 aromatic rings. The molecular weight excluding hydrogens is 291 g/mol. The second kappa shape index (κ2) is 7.55. The van der Waals surface area contributed by atoms with Crippen molar-refractivity contribution in [1.82, 2.24) is 0 Å². The molecule has 0 atom stereocenters. The van der Waals surface area contributed by atoms with Gasteiger partial charge in [0.25, 0.3) is 0 Å². The molecule has 0 aliphatic heterocycles. The lowest BCUT2D eigenvalue weighted by molar-refractivity contribution is -0.568. The van der Waals surface area contributed by atoms with E-state index in [-0.39, 0.29) is 24.0 Å². The molecule has 0 N–H and O–H groups in total. The van der Waals surface area contributed by atoms with Crippen molar-refractivity contribution in [3.63, 3.8) is 0 Å². The maximum absolute atomic E-state index is 12.8. The van der Waals surface area contributed by atoms with Gasteiger partial charge in [-0.2, -0.15) is 4.57 Å². The van der Waals surface area contributed by atoms with Gasteiger partial charge in [-0.3, -0.25) is 4.79 Å². The molecule has 1 aromatic carbocycles. The number of nitrogens with zero attached hydrogens (tertiary/aromatic N) is 2. The molecule has 0 aliphatic rings. The van der Waals surface area contributed by atoms with Crippen LogP contribution in [0, 0.1) is 5.82 Å². The highest BCUT2D eigenvalue weighted by molar-refractivity contribution is 6.05. The third-order valence-electron chi connectivity index (χ3n) is 2.88. The summed E-state index contributed by atoms with van der Waals surface area (Å²) < 4.78 is 14.6. The summed E-state index contributed by atoms with van der Waals surface area (Å²) in [6.07, 6.45) is 6.86. The van der Waals surface area contributed by atoms with Gasteiger partial charge >= 0.3 is 0 Å². The second-order valence-corrected chi connectivity index (χ2v) is 4.58. The van der Waals surface area contributed by atoms with Crippen LogP contribution in [0.15, 0.2) is 54.9 Å². The van der Waals surface area contributed by atoms with Gasteiger partial charge in [-0.15, -0.1) is 0 Å². The van der Waals surface area contributed by atoms with Gasteiger partial charge in [0.1, 0.15) is 5.82 Å². The Bertz CT molecular complexity index is 622. The van der Waals surface area contributed by atoms with Crippen LogP contribution in [0.2, 0.25) is 0 Å². The third kappa shape index (κ3) is 4.68. The standard InChI is InChI=1S/C16H16FN2O.ClH/c1-18(2)15-7-10-19(11-8-15)12-9-16(20)13-3-5-14(17)6-4-13;/h3-12H,1-2H3;1H/q+1;/p-1. The molecule has 0 amide bonds. The Kier molecular flexibility index (Phi) is 6.06. The minimum absolute atomic E-state index is 0. The number of pyridine rings is 1. The van der Waals surface area contributed by atoms with Crippen molar-refractivity contribution in [2.75, 3.05) is 19.0 Å². The van der Waals surface area contributed by atoms with Crippen molar-refractivity contribution in [3.05, 3.63) is 66.2 Å². The Morgan fingerprint density at radius 3 is 2.19 bits per heavy atom. The normalized spacial score (nSPS) is 10.2. The van der Waals surface area contributed by atoms with E-state index < -0.39 is 0 Å². The molecule has 5 heteroatoms. The molecular formula is C16H16ClFN2O. The first-order valence-electron chi connectivity index (χ1n) is 6.22. The van der Waals surface area contributed by atoms with Crippen LogP contribution in [0.5, 0.6) is 0 Å².